The van der Waals surface area contributed by atoms with Crippen molar-refractivity contribution >= 4 is 44.7 Å². The molecule has 1 heterocycles. The monoisotopic (exact) mass is 314 g/mol. The molecule has 0 saturated carbocycles. The molecule has 2 rings (SSSR count). The predicted octanol–water partition coefficient (Wildman–Crippen LogP) is 4.09. The normalized spacial score (nSPS) is 10.6. The first-order valence-electron chi connectivity index (χ1n) is 4.74. The zero-order chi connectivity index (χ0) is 11.5. The Morgan fingerprint density at radius 2 is 2.31 bits per heavy atom. The van der Waals surface area contributed by atoms with E-state index in [-0.39, 0.29) is 0 Å². The summed E-state index contributed by atoms with van der Waals surface area (Å²) >= 11 is 6.82. The van der Waals surface area contributed by atoms with Crippen LogP contribution in [0.4, 0.5) is 5.69 Å². The molecule has 1 aromatic heterocycles. The minimum absolute atomic E-state index is 0.786. The number of hydrogen-bond acceptors (Lipinski definition) is 4. The largest absolute Gasteiger partial charge is 0.398 e. The van der Waals surface area contributed by atoms with E-state index in [1.165, 1.54) is 5.56 Å². The molecule has 2 N–H and O–H groups in total. The third kappa shape index (κ3) is 2.99. The van der Waals surface area contributed by atoms with Gasteiger partial charge in [-0.15, -0.1) is 11.3 Å². The van der Waals surface area contributed by atoms with Crippen molar-refractivity contribution in [2.45, 2.75) is 17.0 Å². The first-order chi connectivity index (χ1) is 7.65. The highest BCUT2D eigenvalue weighted by Gasteiger charge is 2.02. The van der Waals surface area contributed by atoms with Crippen LogP contribution in [0.5, 0.6) is 0 Å². The molecule has 0 bridgehead atoms. The number of anilines is 1. The Labute approximate surface area is 111 Å². The Morgan fingerprint density at radius 3 is 2.94 bits per heavy atom. The molecule has 0 aliphatic carbocycles. The van der Waals surface area contributed by atoms with Crippen LogP contribution in [0.1, 0.15) is 11.3 Å². The van der Waals surface area contributed by atoms with Crippen LogP contribution in [0.15, 0.2) is 32.4 Å². The lowest BCUT2D eigenvalue weighted by molar-refractivity contribution is 1.16. The molecular weight excluding hydrogens is 304 g/mol. The van der Waals surface area contributed by atoms with Crippen LogP contribution in [0.3, 0.4) is 0 Å². The highest BCUT2D eigenvalue weighted by molar-refractivity contribution is 9.10. The van der Waals surface area contributed by atoms with Gasteiger partial charge in [-0.2, -0.15) is 0 Å². The van der Waals surface area contributed by atoms with Gasteiger partial charge in [-0.05, 0) is 40.5 Å². The van der Waals surface area contributed by atoms with E-state index in [9.17, 15) is 0 Å². The zero-order valence-corrected chi connectivity index (χ0v) is 12.0. The van der Waals surface area contributed by atoms with Crippen LogP contribution in [0.25, 0.3) is 0 Å². The fraction of sp³-hybridized carbons (Fsp3) is 0.182. The first-order valence-corrected chi connectivity index (χ1v) is 7.40. The van der Waals surface area contributed by atoms with Crippen LogP contribution in [-0.4, -0.2) is 4.98 Å². The summed E-state index contributed by atoms with van der Waals surface area (Å²) in [7, 11) is 0. The van der Waals surface area contributed by atoms with Gasteiger partial charge in [0.15, 0.2) is 0 Å². The van der Waals surface area contributed by atoms with Crippen LogP contribution >= 0.6 is 39.0 Å². The van der Waals surface area contributed by atoms with Gasteiger partial charge >= 0.3 is 0 Å². The number of rotatable bonds is 3. The van der Waals surface area contributed by atoms with E-state index in [4.69, 9.17) is 5.73 Å². The van der Waals surface area contributed by atoms with Crippen molar-refractivity contribution in [3.63, 3.8) is 0 Å². The van der Waals surface area contributed by atoms with E-state index in [0.29, 0.717) is 0 Å². The van der Waals surface area contributed by atoms with Gasteiger partial charge in [-0.1, -0.05) is 17.8 Å². The van der Waals surface area contributed by atoms with Gasteiger partial charge in [-0.25, -0.2) is 4.98 Å². The molecule has 84 valence electrons. The van der Waals surface area contributed by atoms with Crippen molar-refractivity contribution < 1.29 is 0 Å². The minimum Gasteiger partial charge on any atom is -0.398 e. The molecule has 0 unspecified atom stereocenters. The molecule has 2 aromatic rings. The maximum atomic E-state index is 5.82. The number of nitrogens with zero attached hydrogens (tertiary/aromatic N) is 1. The number of halogens is 1. The minimum atomic E-state index is 0.786. The molecule has 0 radical (unpaired) electrons. The molecule has 0 saturated heterocycles. The molecule has 0 aliphatic rings. The standard InChI is InChI=1S/C11H11BrN2S2/c1-7-5-15-11(14-7)16-6-8-2-3-9(12)10(13)4-8/h2-5H,6,13H2,1H3. The SMILES string of the molecule is Cc1csc(SCc2ccc(Br)c(N)c2)n1. The van der Waals surface area contributed by atoms with Crippen LogP contribution < -0.4 is 5.73 Å². The second-order valence-corrected chi connectivity index (χ2v) is 6.33. The van der Waals surface area contributed by atoms with E-state index in [1.807, 2.05) is 19.1 Å². The summed E-state index contributed by atoms with van der Waals surface area (Å²) in [6.07, 6.45) is 0. The van der Waals surface area contributed by atoms with Crippen LogP contribution in [-0.2, 0) is 5.75 Å². The number of nitrogen functional groups attached to an aromatic ring is 1. The number of hydrogen-bond donors (Lipinski definition) is 1. The van der Waals surface area contributed by atoms with Gasteiger partial charge in [0.2, 0.25) is 0 Å². The van der Waals surface area contributed by atoms with E-state index in [1.54, 1.807) is 23.1 Å². The summed E-state index contributed by atoms with van der Waals surface area (Å²) < 4.78 is 2.06. The average Bonchev–Trinajstić information content (AvgIpc) is 2.66. The van der Waals surface area contributed by atoms with Crippen LogP contribution in [0, 0.1) is 6.92 Å². The van der Waals surface area contributed by atoms with Crippen molar-refractivity contribution in [2.24, 2.45) is 0 Å². The smallest absolute Gasteiger partial charge is 0.150 e. The van der Waals surface area contributed by atoms with Gasteiger partial charge in [0.05, 0.1) is 0 Å². The number of nitrogens with two attached hydrogens (primary N) is 1. The highest BCUT2D eigenvalue weighted by Crippen LogP contribution is 2.28. The average molecular weight is 315 g/mol. The molecular formula is C11H11BrN2S2. The number of aromatic nitrogens is 1. The van der Waals surface area contributed by atoms with Crippen molar-refractivity contribution in [2.75, 3.05) is 5.73 Å². The fourth-order valence-corrected chi connectivity index (χ4v) is 3.27. The number of benzene rings is 1. The summed E-state index contributed by atoms with van der Waals surface area (Å²) in [6, 6.07) is 6.06. The summed E-state index contributed by atoms with van der Waals surface area (Å²) in [5.74, 6) is 0.907. The Morgan fingerprint density at radius 1 is 1.50 bits per heavy atom. The quantitative estimate of drug-likeness (QED) is 0.685. The number of aryl methyl sites for hydroxylation is 1. The maximum absolute atomic E-state index is 5.82. The Kier molecular flexibility index (Phi) is 3.89. The van der Waals surface area contributed by atoms with Crippen molar-refractivity contribution in [1.29, 1.82) is 0 Å². The summed E-state index contributed by atoms with van der Waals surface area (Å²) in [6.45, 7) is 2.01. The van der Waals surface area contributed by atoms with E-state index in [2.05, 4.69) is 32.4 Å². The molecule has 0 amide bonds. The van der Waals surface area contributed by atoms with Gasteiger partial charge in [0.1, 0.15) is 4.34 Å². The summed E-state index contributed by atoms with van der Waals surface area (Å²) in [5, 5.41) is 2.07. The number of thiazole rings is 1. The van der Waals surface area contributed by atoms with Crippen molar-refractivity contribution in [3.8, 4) is 0 Å². The maximum Gasteiger partial charge on any atom is 0.150 e. The molecule has 0 atom stereocenters. The Bertz CT molecular complexity index is 496. The Hall–Kier alpha value is -0.520. The van der Waals surface area contributed by atoms with Gasteiger partial charge < -0.3 is 5.73 Å². The lowest BCUT2D eigenvalue weighted by Crippen LogP contribution is -1.89. The zero-order valence-electron chi connectivity index (χ0n) is 8.74. The predicted molar refractivity (Wildman–Crippen MR) is 75.0 cm³/mol. The van der Waals surface area contributed by atoms with Gasteiger partial charge in [0.25, 0.3) is 0 Å². The lowest BCUT2D eigenvalue weighted by Gasteiger charge is -2.02. The summed E-state index contributed by atoms with van der Waals surface area (Å²) in [4.78, 5) is 4.41. The van der Waals surface area contributed by atoms with Crippen molar-refractivity contribution in [1.82, 2.24) is 4.98 Å². The summed E-state index contributed by atoms with van der Waals surface area (Å²) in [5.41, 5.74) is 8.92. The Balaban J connectivity index is 2.02. The van der Waals surface area contributed by atoms with Crippen LogP contribution in [0.2, 0.25) is 0 Å². The molecule has 1 aromatic carbocycles. The third-order valence-corrected chi connectivity index (χ3v) is 4.95. The molecule has 0 aliphatic heterocycles. The van der Waals surface area contributed by atoms with E-state index >= 15 is 0 Å². The molecule has 2 nitrogen and oxygen atoms in total. The van der Waals surface area contributed by atoms with Gasteiger partial charge in [0, 0.05) is 27.0 Å². The third-order valence-electron chi connectivity index (χ3n) is 2.02. The second kappa shape index (κ2) is 5.21. The van der Waals surface area contributed by atoms with Gasteiger partial charge in [-0.3, -0.25) is 0 Å². The lowest BCUT2D eigenvalue weighted by atomic mass is 10.2. The molecule has 5 heteroatoms. The fourth-order valence-electron chi connectivity index (χ4n) is 1.23. The first kappa shape index (κ1) is 12.0. The molecule has 0 spiro atoms. The second-order valence-electron chi connectivity index (χ2n) is 3.40. The number of thioether (sulfide) groups is 1. The van der Waals surface area contributed by atoms with Crippen molar-refractivity contribution in [3.05, 3.63) is 39.3 Å². The molecule has 16 heavy (non-hydrogen) atoms. The molecule has 0 fully saturated rings. The topological polar surface area (TPSA) is 38.9 Å². The van der Waals surface area contributed by atoms with E-state index in [0.717, 1.165) is 25.9 Å². The van der Waals surface area contributed by atoms with E-state index < -0.39 is 0 Å². The highest BCUT2D eigenvalue weighted by atomic mass is 79.9.